The number of nitrogens with zero attached hydrogens (tertiary/aromatic N) is 1. The molecule has 1 amide bonds. The van der Waals surface area contributed by atoms with Crippen molar-refractivity contribution in [3.63, 3.8) is 0 Å². The maximum absolute atomic E-state index is 11.5. The van der Waals surface area contributed by atoms with Gasteiger partial charge in [-0.3, -0.25) is 9.59 Å². The Balaban J connectivity index is 2.29. The van der Waals surface area contributed by atoms with Crippen molar-refractivity contribution in [2.45, 2.75) is 6.42 Å². The Morgan fingerprint density at radius 1 is 1.36 bits per heavy atom. The fourth-order valence-corrected chi connectivity index (χ4v) is 1.31. The Kier molecular flexibility index (Phi) is 4.55. The van der Waals surface area contributed by atoms with Crippen molar-refractivity contribution >= 4 is 11.7 Å². The van der Waals surface area contributed by atoms with Gasteiger partial charge in [0.1, 0.15) is 6.61 Å². The van der Waals surface area contributed by atoms with Gasteiger partial charge >= 0.3 is 0 Å². The molecule has 1 fully saturated rings. The minimum Gasteiger partial charge on any atom is -0.378 e. The van der Waals surface area contributed by atoms with Crippen LogP contribution >= 0.6 is 0 Å². The van der Waals surface area contributed by atoms with Crippen LogP contribution in [0.4, 0.5) is 0 Å². The van der Waals surface area contributed by atoms with Crippen molar-refractivity contribution in [2.24, 2.45) is 0 Å². The molecule has 0 aromatic rings. The lowest BCUT2D eigenvalue weighted by Gasteiger charge is -2.26. The number of amides is 1. The molecule has 0 bridgehead atoms. The van der Waals surface area contributed by atoms with Gasteiger partial charge in [-0.25, -0.2) is 0 Å². The number of hydrogen-bond donors (Lipinski definition) is 0. The predicted octanol–water partition coefficient (Wildman–Crippen LogP) is -0.549. The molecular formula is C9H15NO4. The molecule has 0 aromatic carbocycles. The maximum Gasteiger partial charge on any atom is 0.230 e. The van der Waals surface area contributed by atoms with Crippen molar-refractivity contribution in [1.82, 2.24) is 4.90 Å². The highest BCUT2D eigenvalue weighted by atomic mass is 16.5. The van der Waals surface area contributed by atoms with Gasteiger partial charge in [0.25, 0.3) is 0 Å². The van der Waals surface area contributed by atoms with Gasteiger partial charge in [0.2, 0.25) is 5.91 Å². The fraction of sp³-hybridized carbons (Fsp3) is 0.778. The Labute approximate surface area is 83.0 Å². The summed E-state index contributed by atoms with van der Waals surface area (Å²) in [5.74, 6) is -0.306. The lowest BCUT2D eigenvalue weighted by Crippen LogP contribution is -2.41. The first kappa shape index (κ1) is 11.1. The van der Waals surface area contributed by atoms with Crippen LogP contribution in [0.25, 0.3) is 0 Å². The zero-order valence-electron chi connectivity index (χ0n) is 8.32. The van der Waals surface area contributed by atoms with Crippen molar-refractivity contribution < 1.29 is 19.1 Å². The molecule has 0 spiro atoms. The molecule has 14 heavy (non-hydrogen) atoms. The minimum absolute atomic E-state index is 0.01000. The van der Waals surface area contributed by atoms with E-state index in [9.17, 15) is 9.59 Å². The van der Waals surface area contributed by atoms with Crippen molar-refractivity contribution in [2.75, 3.05) is 40.0 Å². The third-order valence-electron chi connectivity index (χ3n) is 2.02. The maximum atomic E-state index is 11.5. The van der Waals surface area contributed by atoms with E-state index in [1.165, 1.54) is 7.11 Å². The van der Waals surface area contributed by atoms with Crippen LogP contribution in [0.2, 0.25) is 0 Å². The van der Waals surface area contributed by atoms with Crippen LogP contribution in [0.15, 0.2) is 0 Å². The standard InChI is InChI=1S/C9H15NO4/c1-13-7-8(11)6-9(12)10-2-4-14-5-3-10/h2-7H2,1H3. The molecule has 5 nitrogen and oxygen atoms in total. The topological polar surface area (TPSA) is 55.8 Å². The first-order valence-electron chi connectivity index (χ1n) is 4.60. The zero-order valence-corrected chi connectivity index (χ0v) is 8.32. The number of hydrogen-bond acceptors (Lipinski definition) is 4. The van der Waals surface area contributed by atoms with Crippen molar-refractivity contribution in [1.29, 1.82) is 0 Å². The fourth-order valence-electron chi connectivity index (χ4n) is 1.31. The van der Waals surface area contributed by atoms with Gasteiger partial charge in [-0.05, 0) is 0 Å². The Morgan fingerprint density at radius 2 is 2.00 bits per heavy atom. The average molecular weight is 201 g/mol. The first-order valence-corrected chi connectivity index (χ1v) is 4.60. The van der Waals surface area contributed by atoms with E-state index in [4.69, 9.17) is 4.74 Å². The molecule has 80 valence electrons. The molecule has 1 aliphatic heterocycles. The molecule has 0 unspecified atom stereocenters. The van der Waals surface area contributed by atoms with E-state index in [2.05, 4.69) is 4.74 Å². The van der Waals surface area contributed by atoms with E-state index < -0.39 is 0 Å². The summed E-state index contributed by atoms with van der Waals surface area (Å²) in [6.45, 7) is 2.29. The van der Waals surface area contributed by atoms with Crippen molar-refractivity contribution in [3.8, 4) is 0 Å². The SMILES string of the molecule is COCC(=O)CC(=O)N1CCOCC1. The van der Waals surface area contributed by atoms with Crippen molar-refractivity contribution in [3.05, 3.63) is 0 Å². The molecule has 0 aromatic heterocycles. The number of Topliss-reactive ketones (excluding diaryl/α,β-unsaturated/α-hetero) is 1. The molecule has 0 N–H and O–H groups in total. The molecule has 0 saturated carbocycles. The molecule has 1 aliphatic rings. The molecular weight excluding hydrogens is 186 g/mol. The number of carbonyl (C=O) groups is 2. The van der Waals surface area contributed by atoms with E-state index in [1.54, 1.807) is 4.90 Å². The van der Waals surface area contributed by atoms with E-state index in [-0.39, 0.29) is 24.7 Å². The van der Waals surface area contributed by atoms with Gasteiger partial charge in [-0.15, -0.1) is 0 Å². The quantitative estimate of drug-likeness (QED) is 0.573. The molecule has 5 heteroatoms. The second kappa shape index (κ2) is 5.72. The largest absolute Gasteiger partial charge is 0.378 e. The normalized spacial score (nSPS) is 16.8. The van der Waals surface area contributed by atoms with Gasteiger partial charge < -0.3 is 14.4 Å². The van der Waals surface area contributed by atoms with E-state index in [0.29, 0.717) is 26.3 Å². The monoisotopic (exact) mass is 201 g/mol. The summed E-state index contributed by atoms with van der Waals surface area (Å²) in [6.07, 6.45) is -0.0617. The number of carbonyl (C=O) groups excluding carboxylic acids is 2. The lowest BCUT2D eigenvalue weighted by atomic mass is 10.2. The predicted molar refractivity (Wildman–Crippen MR) is 48.9 cm³/mol. The summed E-state index contributed by atoms with van der Waals surface area (Å²) in [5, 5.41) is 0. The highest BCUT2D eigenvalue weighted by Gasteiger charge is 2.18. The minimum atomic E-state index is -0.177. The average Bonchev–Trinajstić information content (AvgIpc) is 2.19. The van der Waals surface area contributed by atoms with Gasteiger partial charge in [-0.1, -0.05) is 0 Å². The Hall–Kier alpha value is -0.940. The second-order valence-corrected chi connectivity index (χ2v) is 3.14. The number of methoxy groups -OCH3 is 1. The Bertz CT molecular complexity index is 211. The van der Waals surface area contributed by atoms with E-state index in [1.807, 2.05) is 0 Å². The molecule has 0 radical (unpaired) electrons. The van der Waals surface area contributed by atoms with Crippen LogP contribution in [-0.2, 0) is 19.1 Å². The summed E-state index contributed by atoms with van der Waals surface area (Å²) in [4.78, 5) is 24.2. The zero-order chi connectivity index (χ0) is 10.4. The van der Waals surface area contributed by atoms with Crippen LogP contribution in [0.5, 0.6) is 0 Å². The number of ketones is 1. The summed E-state index contributed by atoms with van der Waals surface area (Å²) in [6, 6.07) is 0. The van der Waals surface area contributed by atoms with Gasteiger partial charge in [-0.2, -0.15) is 0 Å². The summed E-state index contributed by atoms with van der Waals surface area (Å²) in [7, 11) is 1.44. The van der Waals surface area contributed by atoms with Gasteiger partial charge in [0.15, 0.2) is 5.78 Å². The number of rotatable bonds is 4. The highest BCUT2D eigenvalue weighted by Crippen LogP contribution is 2.00. The van der Waals surface area contributed by atoms with Crippen LogP contribution in [-0.4, -0.2) is 56.6 Å². The number of ether oxygens (including phenoxy) is 2. The highest BCUT2D eigenvalue weighted by molar-refractivity contribution is 5.98. The van der Waals surface area contributed by atoms with Crippen LogP contribution in [0.1, 0.15) is 6.42 Å². The molecule has 1 heterocycles. The Morgan fingerprint density at radius 3 is 2.57 bits per heavy atom. The molecule has 1 rings (SSSR count). The van der Waals surface area contributed by atoms with Crippen LogP contribution in [0, 0.1) is 0 Å². The summed E-state index contributed by atoms with van der Waals surface area (Å²) in [5.41, 5.74) is 0. The third kappa shape index (κ3) is 3.43. The van der Waals surface area contributed by atoms with Crippen LogP contribution < -0.4 is 0 Å². The van der Waals surface area contributed by atoms with Gasteiger partial charge in [0, 0.05) is 20.2 Å². The summed E-state index contributed by atoms with van der Waals surface area (Å²) < 4.78 is 9.75. The van der Waals surface area contributed by atoms with Crippen LogP contribution in [0.3, 0.4) is 0 Å². The van der Waals surface area contributed by atoms with E-state index in [0.717, 1.165) is 0 Å². The molecule has 0 atom stereocenters. The number of morpholine rings is 1. The molecule has 0 aliphatic carbocycles. The van der Waals surface area contributed by atoms with Gasteiger partial charge in [0.05, 0.1) is 19.6 Å². The smallest absolute Gasteiger partial charge is 0.230 e. The van der Waals surface area contributed by atoms with E-state index >= 15 is 0 Å². The molecule has 1 saturated heterocycles. The second-order valence-electron chi connectivity index (χ2n) is 3.14. The summed E-state index contributed by atoms with van der Waals surface area (Å²) >= 11 is 0. The lowest BCUT2D eigenvalue weighted by molar-refractivity contribution is -0.139. The first-order chi connectivity index (χ1) is 6.74. The third-order valence-corrected chi connectivity index (χ3v) is 2.02.